The van der Waals surface area contributed by atoms with Crippen molar-refractivity contribution in [3.8, 4) is 0 Å². The number of piperidine rings is 1. The minimum atomic E-state index is 0.712. The highest BCUT2D eigenvalue weighted by Crippen LogP contribution is 2.12. The normalized spacial score (nSPS) is 19.5. The van der Waals surface area contributed by atoms with E-state index < -0.39 is 0 Å². The molecule has 1 aliphatic rings. The number of aromatic nitrogens is 1. The van der Waals surface area contributed by atoms with Gasteiger partial charge in [-0.25, -0.2) is 0 Å². The van der Waals surface area contributed by atoms with E-state index in [9.17, 15) is 0 Å². The summed E-state index contributed by atoms with van der Waals surface area (Å²) >= 11 is 0. The fourth-order valence-corrected chi connectivity index (χ4v) is 2.13. The van der Waals surface area contributed by atoms with Crippen LogP contribution in [0.3, 0.4) is 0 Å². The van der Waals surface area contributed by atoms with E-state index in [2.05, 4.69) is 22.3 Å². The van der Waals surface area contributed by atoms with E-state index in [1.54, 1.807) is 6.26 Å². The molecule has 0 radical (unpaired) electrons. The van der Waals surface area contributed by atoms with Crippen LogP contribution in [0.4, 0.5) is 0 Å². The summed E-state index contributed by atoms with van der Waals surface area (Å²) < 4.78 is 4.83. The Kier molecular flexibility index (Phi) is 3.75. The molecule has 0 spiro atoms. The lowest BCUT2D eigenvalue weighted by atomic mass is 10.1. The lowest BCUT2D eigenvalue weighted by molar-refractivity contribution is 0.187. The third kappa shape index (κ3) is 3.04. The zero-order valence-corrected chi connectivity index (χ0v) is 9.28. The molecule has 1 saturated heterocycles. The van der Waals surface area contributed by atoms with Crippen LogP contribution in [0.25, 0.3) is 0 Å². The molecular formula is C11H19N3O. The van der Waals surface area contributed by atoms with Crippen LogP contribution >= 0.6 is 0 Å². The average molecular weight is 209 g/mol. The predicted octanol–water partition coefficient (Wildman–Crippen LogP) is 1.25. The van der Waals surface area contributed by atoms with Crippen molar-refractivity contribution in [2.45, 2.75) is 32.4 Å². The number of hydrogen-bond donors (Lipinski definition) is 1. The maximum atomic E-state index is 4.83. The van der Waals surface area contributed by atoms with Crippen molar-refractivity contribution >= 4 is 0 Å². The van der Waals surface area contributed by atoms with Crippen molar-refractivity contribution in [2.24, 2.45) is 0 Å². The van der Waals surface area contributed by atoms with E-state index in [0.29, 0.717) is 6.04 Å². The van der Waals surface area contributed by atoms with Crippen molar-refractivity contribution in [1.82, 2.24) is 15.4 Å². The summed E-state index contributed by atoms with van der Waals surface area (Å²) in [6.07, 6.45) is 4.12. The minimum Gasteiger partial charge on any atom is -0.364 e. The second-order valence-electron chi connectivity index (χ2n) is 4.10. The maximum Gasteiger partial charge on any atom is 0.124 e. The molecular weight excluding hydrogens is 190 g/mol. The summed E-state index contributed by atoms with van der Waals surface area (Å²) in [5, 5.41) is 7.44. The van der Waals surface area contributed by atoms with Gasteiger partial charge in [0.25, 0.3) is 0 Å². The second-order valence-corrected chi connectivity index (χ2v) is 4.10. The zero-order chi connectivity index (χ0) is 10.5. The second kappa shape index (κ2) is 5.28. The molecule has 2 rings (SSSR count). The summed E-state index contributed by atoms with van der Waals surface area (Å²) in [5.41, 5.74) is 1.04. The molecule has 0 atom stereocenters. The molecule has 1 aliphatic heterocycles. The van der Waals surface area contributed by atoms with Crippen molar-refractivity contribution in [2.75, 3.05) is 19.6 Å². The van der Waals surface area contributed by atoms with Crippen LogP contribution in [0.5, 0.6) is 0 Å². The first-order valence-corrected chi connectivity index (χ1v) is 5.73. The van der Waals surface area contributed by atoms with Gasteiger partial charge in [0.1, 0.15) is 6.26 Å². The van der Waals surface area contributed by atoms with Crippen LogP contribution < -0.4 is 5.32 Å². The molecule has 15 heavy (non-hydrogen) atoms. The van der Waals surface area contributed by atoms with Gasteiger partial charge in [0.15, 0.2) is 0 Å². The van der Waals surface area contributed by atoms with E-state index >= 15 is 0 Å². The SMILES string of the molecule is CCNC1CCN(Cc2ccon2)CC1. The van der Waals surface area contributed by atoms with Gasteiger partial charge in [0.2, 0.25) is 0 Å². The van der Waals surface area contributed by atoms with Gasteiger partial charge in [-0.3, -0.25) is 4.90 Å². The zero-order valence-electron chi connectivity index (χ0n) is 9.28. The lowest BCUT2D eigenvalue weighted by Crippen LogP contribution is -2.42. The molecule has 1 fully saturated rings. The van der Waals surface area contributed by atoms with E-state index in [4.69, 9.17) is 4.52 Å². The Labute approximate surface area is 90.6 Å². The van der Waals surface area contributed by atoms with Gasteiger partial charge in [-0.2, -0.15) is 0 Å². The summed E-state index contributed by atoms with van der Waals surface area (Å²) in [6, 6.07) is 2.65. The molecule has 4 heteroatoms. The Balaban J connectivity index is 1.74. The number of likely N-dealkylation sites (tertiary alicyclic amines) is 1. The standard InChI is InChI=1S/C11H19N3O/c1-2-12-10-3-6-14(7-4-10)9-11-5-8-15-13-11/h5,8,10,12H,2-4,6-7,9H2,1H3. The quantitative estimate of drug-likeness (QED) is 0.810. The Morgan fingerprint density at radius 1 is 1.53 bits per heavy atom. The predicted molar refractivity (Wildman–Crippen MR) is 58.5 cm³/mol. The minimum absolute atomic E-state index is 0.712. The maximum absolute atomic E-state index is 4.83. The van der Waals surface area contributed by atoms with E-state index in [1.807, 2.05) is 6.07 Å². The Bertz CT molecular complexity index is 265. The Morgan fingerprint density at radius 3 is 2.93 bits per heavy atom. The van der Waals surface area contributed by atoms with Gasteiger partial charge < -0.3 is 9.84 Å². The summed E-state index contributed by atoms with van der Waals surface area (Å²) in [5.74, 6) is 0. The first-order chi connectivity index (χ1) is 7.38. The molecule has 0 amide bonds. The fourth-order valence-electron chi connectivity index (χ4n) is 2.13. The molecule has 2 heterocycles. The van der Waals surface area contributed by atoms with Crippen LogP contribution in [-0.4, -0.2) is 35.7 Å². The van der Waals surface area contributed by atoms with Gasteiger partial charge in [0.05, 0.1) is 5.69 Å². The van der Waals surface area contributed by atoms with E-state index in [-0.39, 0.29) is 0 Å². The molecule has 0 aliphatic carbocycles. The molecule has 0 saturated carbocycles. The molecule has 0 unspecified atom stereocenters. The Hall–Kier alpha value is -0.870. The number of hydrogen-bond acceptors (Lipinski definition) is 4. The van der Waals surface area contributed by atoms with Crippen molar-refractivity contribution < 1.29 is 4.52 Å². The average Bonchev–Trinajstić information content (AvgIpc) is 2.74. The van der Waals surface area contributed by atoms with Crippen LogP contribution in [0.1, 0.15) is 25.5 Å². The monoisotopic (exact) mass is 209 g/mol. The van der Waals surface area contributed by atoms with Crippen LogP contribution in [0.2, 0.25) is 0 Å². The fraction of sp³-hybridized carbons (Fsp3) is 0.727. The lowest BCUT2D eigenvalue weighted by Gasteiger charge is -2.31. The molecule has 1 N–H and O–H groups in total. The van der Waals surface area contributed by atoms with Gasteiger partial charge in [0, 0.05) is 31.7 Å². The third-order valence-corrected chi connectivity index (χ3v) is 2.96. The van der Waals surface area contributed by atoms with Crippen LogP contribution in [0.15, 0.2) is 16.9 Å². The van der Waals surface area contributed by atoms with Crippen LogP contribution in [-0.2, 0) is 6.54 Å². The first-order valence-electron chi connectivity index (χ1n) is 5.73. The summed E-state index contributed by atoms with van der Waals surface area (Å²) in [6.45, 7) is 6.49. The van der Waals surface area contributed by atoms with Gasteiger partial charge in [-0.1, -0.05) is 12.1 Å². The molecule has 0 aromatic carbocycles. The van der Waals surface area contributed by atoms with E-state index in [1.165, 1.54) is 12.8 Å². The van der Waals surface area contributed by atoms with Crippen LogP contribution in [0, 0.1) is 0 Å². The summed E-state index contributed by atoms with van der Waals surface area (Å²) in [4.78, 5) is 2.44. The number of nitrogens with zero attached hydrogens (tertiary/aromatic N) is 2. The van der Waals surface area contributed by atoms with Gasteiger partial charge in [-0.15, -0.1) is 0 Å². The largest absolute Gasteiger partial charge is 0.364 e. The number of rotatable bonds is 4. The molecule has 0 bridgehead atoms. The molecule has 4 nitrogen and oxygen atoms in total. The molecule has 1 aromatic heterocycles. The summed E-state index contributed by atoms with van der Waals surface area (Å²) in [7, 11) is 0. The number of nitrogens with one attached hydrogen (secondary N) is 1. The highest BCUT2D eigenvalue weighted by Gasteiger charge is 2.18. The van der Waals surface area contributed by atoms with Crippen molar-refractivity contribution in [1.29, 1.82) is 0 Å². The Morgan fingerprint density at radius 2 is 2.33 bits per heavy atom. The highest BCUT2D eigenvalue weighted by molar-refractivity contribution is 4.95. The van der Waals surface area contributed by atoms with Crippen molar-refractivity contribution in [3.05, 3.63) is 18.0 Å². The first kappa shape index (κ1) is 10.6. The van der Waals surface area contributed by atoms with Gasteiger partial charge in [-0.05, 0) is 19.4 Å². The third-order valence-electron chi connectivity index (χ3n) is 2.96. The molecule has 84 valence electrons. The highest BCUT2D eigenvalue weighted by atomic mass is 16.5. The van der Waals surface area contributed by atoms with Gasteiger partial charge >= 0.3 is 0 Å². The topological polar surface area (TPSA) is 41.3 Å². The smallest absolute Gasteiger partial charge is 0.124 e. The molecule has 1 aromatic rings. The van der Waals surface area contributed by atoms with E-state index in [0.717, 1.165) is 31.9 Å². The van der Waals surface area contributed by atoms with Crippen molar-refractivity contribution in [3.63, 3.8) is 0 Å².